The summed E-state index contributed by atoms with van der Waals surface area (Å²) in [5.41, 5.74) is 6.96. The van der Waals surface area contributed by atoms with E-state index in [1.54, 1.807) is 12.1 Å². The van der Waals surface area contributed by atoms with Gasteiger partial charge in [-0.25, -0.2) is 0 Å². The van der Waals surface area contributed by atoms with Crippen molar-refractivity contribution in [3.05, 3.63) is 34.9 Å². The van der Waals surface area contributed by atoms with Gasteiger partial charge in [0, 0.05) is 5.56 Å². The zero-order valence-electron chi connectivity index (χ0n) is 14.5. The second-order valence-electron chi connectivity index (χ2n) is 6.53. The van der Waals surface area contributed by atoms with E-state index in [1.165, 1.54) is 6.07 Å². The van der Waals surface area contributed by atoms with E-state index >= 15 is 0 Å². The molecule has 138 valence electrons. The highest BCUT2D eigenvalue weighted by Gasteiger charge is 2.37. The van der Waals surface area contributed by atoms with Crippen molar-refractivity contribution in [2.75, 3.05) is 6.79 Å². The Morgan fingerprint density at radius 1 is 1.00 bits per heavy atom. The quantitative estimate of drug-likeness (QED) is 0.558. The molecule has 26 heavy (non-hydrogen) atoms. The molecule has 8 nitrogen and oxygen atoms in total. The van der Waals surface area contributed by atoms with Crippen molar-refractivity contribution in [3.63, 3.8) is 0 Å². The number of rotatable bonds is 3. The second kappa shape index (κ2) is 7.07. The highest BCUT2D eigenvalue weighted by Crippen LogP contribution is 2.34. The third-order valence-electron chi connectivity index (χ3n) is 4.85. The highest BCUT2D eigenvalue weighted by molar-refractivity contribution is 5.96. The maximum absolute atomic E-state index is 12.4. The van der Waals surface area contributed by atoms with Crippen LogP contribution in [-0.4, -0.2) is 29.7 Å². The Morgan fingerprint density at radius 2 is 1.65 bits per heavy atom. The molecule has 2 amide bonds. The Morgan fingerprint density at radius 3 is 2.35 bits per heavy atom. The average Bonchev–Trinajstić information content (AvgIpc) is 3.08. The monoisotopic (exact) mass is 360 g/mol. The molecule has 0 aromatic heterocycles. The first-order valence-electron chi connectivity index (χ1n) is 8.24. The number of carbonyl (C=O) groups is 3. The minimum absolute atomic E-state index is 0.0989. The fraction of sp³-hybridized carbons (Fsp3) is 0.389. The second-order valence-corrected chi connectivity index (χ2v) is 6.53. The Kier molecular flexibility index (Phi) is 4.83. The number of hydrogen-bond donors (Lipinski definition) is 3. The molecule has 3 N–H and O–H groups in total. The maximum atomic E-state index is 12.4. The van der Waals surface area contributed by atoms with E-state index in [-0.39, 0.29) is 6.79 Å². The van der Waals surface area contributed by atoms with Crippen molar-refractivity contribution in [2.45, 2.75) is 26.7 Å². The van der Waals surface area contributed by atoms with Crippen LogP contribution < -0.4 is 20.3 Å². The Labute approximate surface area is 150 Å². The van der Waals surface area contributed by atoms with Crippen LogP contribution in [-0.2, 0) is 9.59 Å². The van der Waals surface area contributed by atoms with Crippen molar-refractivity contribution in [3.8, 4) is 11.5 Å². The highest BCUT2D eigenvalue weighted by atomic mass is 16.7. The molecular formula is C18H20N2O6. The number of carbonyl (C=O) groups excluding carboxylic acids is 2. The predicted molar refractivity (Wildman–Crippen MR) is 90.4 cm³/mol. The lowest BCUT2D eigenvalue weighted by atomic mass is 9.76. The third kappa shape index (κ3) is 3.49. The molecule has 0 bridgehead atoms. The van der Waals surface area contributed by atoms with E-state index in [1.807, 2.05) is 13.8 Å². The summed E-state index contributed by atoms with van der Waals surface area (Å²) >= 11 is 0. The number of amides is 2. The fourth-order valence-electron chi connectivity index (χ4n) is 3.15. The van der Waals surface area contributed by atoms with Gasteiger partial charge in [-0.15, -0.1) is 0 Å². The number of hydrazine groups is 1. The van der Waals surface area contributed by atoms with Crippen LogP contribution in [0.5, 0.6) is 11.5 Å². The number of ether oxygens (including phenoxy) is 2. The normalized spacial score (nSPS) is 21.3. The summed E-state index contributed by atoms with van der Waals surface area (Å²) in [4.78, 5) is 36.1. The molecular weight excluding hydrogens is 340 g/mol. The van der Waals surface area contributed by atoms with Crippen molar-refractivity contribution in [1.82, 2.24) is 10.9 Å². The minimum atomic E-state index is -1.01. The Hall–Kier alpha value is -3.03. The van der Waals surface area contributed by atoms with Crippen molar-refractivity contribution >= 4 is 17.8 Å². The van der Waals surface area contributed by atoms with Gasteiger partial charge in [0.2, 0.25) is 12.7 Å². The number of fused-ring (bicyclic) bond motifs is 1. The lowest BCUT2D eigenvalue weighted by molar-refractivity contribution is -0.147. The molecule has 0 saturated heterocycles. The van der Waals surface area contributed by atoms with Crippen LogP contribution in [0.4, 0.5) is 0 Å². The van der Waals surface area contributed by atoms with Gasteiger partial charge in [-0.05, 0) is 44.9 Å². The first kappa shape index (κ1) is 17.8. The van der Waals surface area contributed by atoms with Gasteiger partial charge in [-0.3, -0.25) is 25.2 Å². The molecule has 1 aromatic rings. The van der Waals surface area contributed by atoms with Gasteiger partial charge in [-0.1, -0.05) is 11.1 Å². The van der Waals surface area contributed by atoms with E-state index in [0.717, 1.165) is 11.1 Å². The SMILES string of the molecule is CC1=C(C)C[C@H](C(=O)NNC(=O)c2ccc3c(c2)OCO3)[C@@H](C(=O)O)C1. The van der Waals surface area contributed by atoms with Crippen LogP contribution in [0, 0.1) is 11.8 Å². The third-order valence-corrected chi connectivity index (χ3v) is 4.85. The molecule has 0 fully saturated rings. The number of allylic oxidation sites excluding steroid dienone is 2. The zero-order chi connectivity index (χ0) is 18.8. The minimum Gasteiger partial charge on any atom is -0.481 e. The number of nitrogens with one attached hydrogen (secondary N) is 2. The number of benzene rings is 1. The summed E-state index contributed by atoms with van der Waals surface area (Å²) in [6.45, 7) is 3.86. The van der Waals surface area contributed by atoms with Gasteiger partial charge in [0.15, 0.2) is 11.5 Å². The molecule has 0 spiro atoms. The van der Waals surface area contributed by atoms with E-state index in [0.29, 0.717) is 29.9 Å². The number of hydrogen-bond acceptors (Lipinski definition) is 5. The fourth-order valence-corrected chi connectivity index (χ4v) is 3.15. The summed E-state index contributed by atoms with van der Waals surface area (Å²) in [7, 11) is 0. The molecule has 2 atom stereocenters. The average molecular weight is 360 g/mol. The zero-order valence-corrected chi connectivity index (χ0v) is 14.5. The maximum Gasteiger partial charge on any atom is 0.307 e. The molecule has 0 radical (unpaired) electrons. The Balaban J connectivity index is 1.64. The molecule has 1 heterocycles. The number of carboxylic acids is 1. The molecule has 3 rings (SSSR count). The van der Waals surface area contributed by atoms with Crippen molar-refractivity contribution in [2.24, 2.45) is 11.8 Å². The summed E-state index contributed by atoms with van der Waals surface area (Å²) in [6, 6.07) is 4.67. The number of carboxylic acid groups (broad SMARTS) is 1. The first-order chi connectivity index (χ1) is 12.4. The summed E-state index contributed by atoms with van der Waals surface area (Å²) in [5.74, 6) is -2.58. The first-order valence-corrected chi connectivity index (χ1v) is 8.24. The van der Waals surface area contributed by atoms with Crippen LogP contribution >= 0.6 is 0 Å². The van der Waals surface area contributed by atoms with E-state index in [9.17, 15) is 19.5 Å². The topological polar surface area (TPSA) is 114 Å². The molecule has 0 unspecified atom stereocenters. The van der Waals surface area contributed by atoms with Gasteiger partial charge >= 0.3 is 5.97 Å². The molecule has 8 heteroatoms. The molecule has 1 aromatic carbocycles. The predicted octanol–water partition coefficient (Wildman–Crippen LogP) is 1.62. The largest absolute Gasteiger partial charge is 0.481 e. The van der Waals surface area contributed by atoms with Crippen LogP contribution in [0.3, 0.4) is 0 Å². The van der Waals surface area contributed by atoms with Crippen LogP contribution in [0.2, 0.25) is 0 Å². The van der Waals surface area contributed by atoms with E-state index in [2.05, 4.69) is 10.9 Å². The lowest BCUT2D eigenvalue weighted by Crippen LogP contribution is -2.48. The van der Waals surface area contributed by atoms with Crippen LogP contribution in [0.25, 0.3) is 0 Å². The van der Waals surface area contributed by atoms with Crippen LogP contribution in [0.1, 0.15) is 37.0 Å². The van der Waals surface area contributed by atoms with Gasteiger partial charge in [0.25, 0.3) is 5.91 Å². The Bertz CT molecular complexity index is 801. The molecule has 1 aliphatic heterocycles. The van der Waals surface area contributed by atoms with E-state index < -0.39 is 29.6 Å². The van der Waals surface area contributed by atoms with Gasteiger partial charge in [0.1, 0.15) is 0 Å². The summed E-state index contributed by atoms with van der Waals surface area (Å²) in [6.07, 6.45) is 0.684. The van der Waals surface area contributed by atoms with Crippen molar-refractivity contribution < 1.29 is 29.0 Å². The van der Waals surface area contributed by atoms with Gasteiger partial charge < -0.3 is 14.6 Å². The summed E-state index contributed by atoms with van der Waals surface area (Å²) < 4.78 is 10.4. The standard InChI is InChI=1S/C18H20N2O6/c1-9-5-12(13(18(23)24)6-10(9)2)17(22)20-19-16(21)11-3-4-14-15(7-11)26-8-25-14/h3-4,7,12-13H,5-6,8H2,1-2H3,(H,19,21)(H,20,22)(H,23,24)/t12-,13-/m0/s1. The summed E-state index contributed by atoms with van der Waals surface area (Å²) in [5, 5.41) is 9.39. The van der Waals surface area contributed by atoms with E-state index in [4.69, 9.17) is 9.47 Å². The van der Waals surface area contributed by atoms with Gasteiger partial charge in [-0.2, -0.15) is 0 Å². The van der Waals surface area contributed by atoms with Gasteiger partial charge in [0.05, 0.1) is 11.8 Å². The van der Waals surface area contributed by atoms with Crippen LogP contribution in [0.15, 0.2) is 29.3 Å². The molecule has 0 saturated carbocycles. The molecule has 2 aliphatic rings. The molecule has 1 aliphatic carbocycles. The smallest absolute Gasteiger partial charge is 0.307 e. The lowest BCUT2D eigenvalue weighted by Gasteiger charge is -2.29. The number of aliphatic carboxylic acids is 1. The van der Waals surface area contributed by atoms with Crippen molar-refractivity contribution in [1.29, 1.82) is 0 Å².